The van der Waals surface area contributed by atoms with Gasteiger partial charge in [0.15, 0.2) is 0 Å². The van der Waals surface area contributed by atoms with E-state index in [0.717, 1.165) is 26.2 Å². The fourth-order valence-corrected chi connectivity index (χ4v) is 3.32. The second-order valence-electron chi connectivity index (χ2n) is 6.55. The van der Waals surface area contributed by atoms with Crippen molar-refractivity contribution in [2.45, 2.75) is 6.04 Å². The van der Waals surface area contributed by atoms with Crippen molar-refractivity contribution in [3.05, 3.63) is 84.6 Å². The number of aromatic nitrogens is 1. The number of carbonyl (C=O) groups excluding carboxylic acids is 1. The van der Waals surface area contributed by atoms with Crippen LogP contribution in [0.1, 0.15) is 22.1 Å². The molecule has 1 fully saturated rings. The first-order valence-corrected chi connectivity index (χ1v) is 9.17. The van der Waals surface area contributed by atoms with Gasteiger partial charge in [0.1, 0.15) is 0 Å². The molecule has 1 aromatic heterocycles. The van der Waals surface area contributed by atoms with Crippen molar-refractivity contribution in [1.82, 2.24) is 15.2 Å². The molecule has 0 aliphatic carbocycles. The third-order valence-corrected chi connectivity index (χ3v) is 4.69. The van der Waals surface area contributed by atoms with Crippen molar-refractivity contribution in [2.24, 2.45) is 5.73 Å². The maximum absolute atomic E-state index is 10.4. The van der Waals surface area contributed by atoms with Gasteiger partial charge in [0.2, 0.25) is 5.91 Å². The van der Waals surface area contributed by atoms with Crippen LogP contribution in [-0.4, -0.2) is 42.0 Å². The van der Waals surface area contributed by atoms with Gasteiger partial charge in [-0.25, -0.2) is 0 Å². The quantitative estimate of drug-likeness (QED) is 0.625. The molecular weight excluding hydrogens is 336 g/mol. The first-order chi connectivity index (χ1) is 13.2. The molecule has 1 aliphatic rings. The highest BCUT2D eigenvalue weighted by molar-refractivity contribution is 5.92. The molecule has 5 nitrogen and oxygen atoms in total. The first-order valence-electron chi connectivity index (χ1n) is 9.17. The number of benzene rings is 2. The molecule has 0 spiro atoms. The molecule has 2 heterocycles. The van der Waals surface area contributed by atoms with Crippen LogP contribution in [0.4, 0.5) is 0 Å². The van der Waals surface area contributed by atoms with E-state index < -0.39 is 0 Å². The second-order valence-corrected chi connectivity index (χ2v) is 6.55. The Kier molecular flexibility index (Phi) is 6.41. The molecule has 1 saturated heterocycles. The maximum Gasteiger partial charge on any atom is 0.248 e. The standard InChI is InChI=1S/C15H19N3.C7H7NO/c1-2-8-18-9-7-16-11-15(18)14-10-12-5-3-4-6-13(12)17-14;8-7(9)6-4-2-1-3-5-6/h2-6,10,15-17H,1,7-9,11H2;1-5H,(H2,8,9). The lowest BCUT2D eigenvalue weighted by molar-refractivity contribution is 0.100. The number of carbonyl (C=O) groups is 1. The van der Waals surface area contributed by atoms with Crippen LogP contribution in [0.5, 0.6) is 0 Å². The largest absolute Gasteiger partial charge is 0.366 e. The fourth-order valence-electron chi connectivity index (χ4n) is 3.32. The summed E-state index contributed by atoms with van der Waals surface area (Å²) in [5.74, 6) is -0.379. The number of piperazine rings is 1. The molecule has 1 aliphatic heterocycles. The van der Waals surface area contributed by atoms with Gasteiger partial charge in [0, 0.05) is 43.0 Å². The van der Waals surface area contributed by atoms with Crippen molar-refractivity contribution in [3.8, 4) is 0 Å². The van der Waals surface area contributed by atoms with Gasteiger partial charge in [-0.05, 0) is 29.7 Å². The molecule has 5 heteroatoms. The van der Waals surface area contributed by atoms with Crippen molar-refractivity contribution in [1.29, 1.82) is 0 Å². The van der Waals surface area contributed by atoms with Crippen LogP contribution >= 0.6 is 0 Å². The molecule has 140 valence electrons. The summed E-state index contributed by atoms with van der Waals surface area (Å²) in [5, 5.41) is 4.76. The lowest BCUT2D eigenvalue weighted by atomic mass is 10.1. The predicted molar refractivity (Wildman–Crippen MR) is 111 cm³/mol. The summed E-state index contributed by atoms with van der Waals surface area (Å²) in [6.45, 7) is 7.94. The smallest absolute Gasteiger partial charge is 0.248 e. The monoisotopic (exact) mass is 362 g/mol. The molecule has 0 bridgehead atoms. The van der Waals surface area contributed by atoms with E-state index in [0.29, 0.717) is 11.6 Å². The molecule has 1 amide bonds. The third kappa shape index (κ3) is 4.84. The van der Waals surface area contributed by atoms with E-state index in [-0.39, 0.29) is 5.91 Å². The van der Waals surface area contributed by atoms with Crippen LogP contribution in [0.15, 0.2) is 73.3 Å². The summed E-state index contributed by atoms with van der Waals surface area (Å²) in [7, 11) is 0. The second kappa shape index (κ2) is 9.16. The van der Waals surface area contributed by atoms with Crippen LogP contribution in [-0.2, 0) is 0 Å². The minimum Gasteiger partial charge on any atom is -0.366 e. The van der Waals surface area contributed by atoms with Gasteiger partial charge in [-0.3, -0.25) is 9.69 Å². The molecule has 0 saturated carbocycles. The van der Waals surface area contributed by atoms with Crippen LogP contribution in [0.25, 0.3) is 10.9 Å². The van der Waals surface area contributed by atoms with E-state index in [2.05, 4.69) is 52.1 Å². The van der Waals surface area contributed by atoms with E-state index in [1.807, 2.05) is 12.1 Å². The minimum atomic E-state index is -0.379. The lowest BCUT2D eigenvalue weighted by Crippen LogP contribution is -2.46. The maximum atomic E-state index is 10.4. The molecule has 2 aromatic carbocycles. The van der Waals surface area contributed by atoms with Crippen LogP contribution in [0.3, 0.4) is 0 Å². The number of nitrogens with one attached hydrogen (secondary N) is 2. The molecule has 27 heavy (non-hydrogen) atoms. The minimum absolute atomic E-state index is 0.379. The van der Waals surface area contributed by atoms with Gasteiger partial charge < -0.3 is 16.0 Å². The topological polar surface area (TPSA) is 74.2 Å². The number of H-pyrrole nitrogens is 1. The highest BCUT2D eigenvalue weighted by Crippen LogP contribution is 2.25. The predicted octanol–water partition coefficient (Wildman–Crippen LogP) is 3.09. The van der Waals surface area contributed by atoms with E-state index in [1.165, 1.54) is 16.6 Å². The Bertz CT molecular complexity index is 854. The molecule has 3 aromatic rings. The molecule has 0 radical (unpaired) electrons. The Hall–Kier alpha value is -2.89. The summed E-state index contributed by atoms with van der Waals surface area (Å²) in [6, 6.07) is 19.9. The first kappa shape index (κ1) is 18.9. The fraction of sp³-hybridized carbons (Fsp3) is 0.227. The summed E-state index contributed by atoms with van der Waals surface area (Å²) in [5.41, 5.74) is 8.04. The summed E-state index contributed by atoms with van der Waals surface area (Å²) in [4.78, 5) is 16.4. The Labute approximate surface area is 159 Å². The zero-order valence-corrected chi connectivity index (χ0v) is 15.4. The van der Waals surface area contributed by atoms with E-state index in [1.54, 1.807) is 24.3 Å². The number of fused-ring (bicyclic) bond motifs is 1. The highest BCUT2D eigenvalue weighted by atomic mass is 16.1. The highest BCUT2D eigenvalue weighted by Gasteiger charge is 2.23. The third-order valence-electron chi connectivity index (χ3n) is 4.69. The van der Waals surface area contributed by atoms with Gasteiger partial charge in [0.05, 0.1) is 6.04 Å². The normalized spacial score (nSPS) is 17.1. The Balaban J connectivity index is 0.000000197. The number of primary amides is 1. The van der Waals surface area contributed by atoms with Gasteiger partial charge >= 0.3 is 0 Å². The lowest BCUT2D eigenvalue weighted by Gasteiger charge is -2.34. The number of aromatic amines is 1. The summed E-state index contributed by atoms with van der Waals surface area (Å²) in [6.07, 6.45) is 1.99. The Morgan fingerprint density at radius 3 is 2.59 bits per heavy atom. The van der Waals surface area contributed by atoms with E-state index in [4.69, 9.17) is 5.73 Å². The number of amides is 1. The van der Waals surface area contributed by atoms with Gasteiger partial charge in [-0.1, -0.05) is 42.5 Å². The Morgan fingerprint density at radius 2 is 1.93 bits per heavy atom. The number of nitrogens with two attached hydrogens (primary N) is 1. The zero-order chi connectivity index (χ0) is 19.1. The number of hydrogen-bond donors (Lipinski definition) is 3. The summed E-state index contributed by atoms with van der Waals surface area (Å²) >= 11 is 0. The average Bonchev–Trinajstić information content (AvgIpc) is 3.14. The van der Waals surface area contributed by atoms with Crippen molar-refractivity contribution in [2.75, 3.05) is 26.2 Å². The number of hydrogen-bond acceptors (Lipinski definition) is 3. The zero-order valence-electron chi connectivity index (χ0n) is 15.4. The van der Waals surface area contributed by atoms with Crippen molar-refractivity contribution in [3.63, 3.8) is 0 Å². The molecule has 4 rings (SSSR count). The Morgan fingerprint density at radius 1 is 1.19 bits per heavy atom. The molecule has 4 N–H and O–H groups in total. The van der Waals surface area contributed by atoms with Crippen LogP contribution in [0, 0.1) is 0 Å². The number of rotatable bonds is 4. The van der Waals surface area contributed by atoms with E-state index in [9.17, 15) is 4.79 Å². The SMILES string of the molecule is C=CCN1CCNCC1c1cc2ccccc2[nH]1.NC(=O)c1ccccc1. The van der Waals surface area contributed by atoms with Gasteiger partial charge in [-0.15, -0.1) is 6.58 Å². The molecule has 1 unspecified atom stereocenters. The van der Waals surface area contributed by atoms with Gasteiger partial charge in [0.25, 0.3) is 0 Å². The number of nitrogens with zero attached hydrogens (tertiary/aromatic N) is 1. The number of para-hydroxylation sites is 1. The van der Waals surface area contributed by atoms with Crippen molar-refractivity contribution >= 4 is 16.8 Å². The molecule has 1 atom stereocenters. The van der Waals surface area contributed by atoms with Crippen LogP contribution < -0.4 is 11.1 Å². The average molecular weight is 362 g/mol. The van der Waals surface area contributed by atoms with Crippen molar-refractivity contribution < 1.29 is 4.79 Å². The summed E-state index contributed by atoms with van der Waals surface area (Å²) < 4.78 is 0. The van der Waals surface area contributed by atoms with Crippen LogP contribution in [0.2, 0.25) is 0 Å². The molecular formula is C22H26N4O. The van der Waals surface area contributed by atoms with Gasteiger partial charge in [-0.2, -0.15) is 0 Å². The van der Waals surface area contributed by atoms with E-state index >= 15 is 0 Å².